The van der Waals surface area contributed by atoms with Crippen molar-refractivity contribution in [2.24, 2.45) is 0 Å². The molecule has 3 N–H and O–H groups in total. The zero-order valence-corrected chi connectivity index (χ0v) is 18.8. The maximum absolute atomic E-state index is 12.7. The molecule has 0 heterocycles. The van der Waals surface area contributed by atoms with Gasteiger partial charge in [-0.2, -0.15) is 0 Å². The summed E-state index contributed by atoms with van der Waals surface area (Å²) in [7, 11) is -3.73. The average molecular weight is 501 g/mol. The maximum atomic E-state index is 12.7. The van der Waals surface area contributed by atoms with Gasteiger partial charge >= 0.3 is 5.97 Å². The summed E-state index contributed by atoms with van der Waals surface area (Å²) in [4.78, 5) is 11.0. The summed E-state index contributed by atoms with van der Waals surface area (Å²) in [6, 6.07) is 12.3. The van der Waals surface area contributed by atoms with Gasteiger partial charge in [0.2, 0.25) is 10.0 Å². The standard InChI is InChI=1S/C19H21BrN2O5S2/c1-2-3-17(22-29(25,26)16-10-4-13(20)5-11-16)19(28)21-14-6-8-15(9-7-14)27-12-18(23)24/h4-11,17,22H,2-3,12H2,1H3,(H,21,28)(H,23,24)/t17-/m0/s1. The average Bonchev–Trinajstić information content (AvgIpc) is 2.67. The highest BCUT2D eigenvalue weighted by atomic mass is 79.9. The highest BCUT2D eigenvalue weighted by Gasteiger charge is 2.23. The van der Waals surface area contributed by atoms with Crippen LogP contribution in [0.5, 0.6) is 5.75 Å². The molecule has 0 saturated carbocycles. The number of carboxylic acids is 1. The van der Waals surface area contributed by atoms with Gasteiger partial charge in [-0.15, -0.1) is 0 Å². The van der Waals surface area contributed by atoms with Crippen molar-refractivity contribution in [1.82, 2.24) is 4.72 Å². The molecule has 0 bridgehead atoms. The second-order valence-corrected chi connectivity index (χ2v) is 9.18. The van der Waals surface area contributed by atoms with Crippen molar-refractivity contribution in [2.75, 3.05) is 11.9 Å². The van der Waals surface area contributed by atoms with Gasteiger partial charge in [0.25, 0.3) is 0 Å². The Morgan fingerprint density at radius 1 is 1.17 bits per heavy atom. The molecule has 10 heteroatoms. The third-order valence-electron chi connectivity index (χ3n) is 3.80. The Bertz CT molecular complexity index is 948. The quantitative estimate of drug-likeness (QED) is 0.426. The first-order valence-corrected chi connectivity index (χ1v) is 11.4. The number of nitrogens with one attached hydrogen (secondary N) is 2. The molecule has 0 radical (unpaired) electrons. The molecule has 0 spiro atoms. The van der Waals surface area contributed by atoms with Crippen LogP contribution in [-0.2, 0) is 14.8 Å². The highest BCUT2D eigenvalue weighted by molar-refractivity contribution is 9.10. The third-order valence-corrected chi connectivity index (χ3v) is 6.20. The van der Waals surface area contributed by atoms with Crippen molar-refractivity contribution in [3.8, 4) is 5.75 Å². The lowest BCUT2D eigenvalue weighted by atomic mass is 10.2. The predicted octanol–water partition coefficient (Wildman–Crippen LogP) is 3.80. The number of halogens is 1. The molecule has 0 amide bonds. The molecule has 156 valence electrons. The van der Waals surface area contributed by atoms with Crippen molar-refractivity contribution in [3.05, 3.63) is 53.0 Å². The first kappa shape index (κ1) is 23.3. The van der Waals surface area contributed by atoms with Crippen molar-refractivity contribution in [2.45, 2.75) is 30.7 Å². The molecule has 0 aliphatic rings. The summed E-state index contributed by atoms with van der Waals surface area (Å²) in [5.41, 5.74) is 0.640. The maximum Gasteiger partial charge on any atom is 0.341 e. The first-order valence-electron chi connectivity index (χ1n) is 8.74. The van der Waals surface area contributed by atoms with Crippen LogP contribution in [0.3, 0.4) is 0 Å². The molecule has 0 fully saturated rings. The summed E-state index contributed by atoms with van der Waals surface area (Å²) in [5.74, 6) is -0.654. The number of rotatable bonds is 10. The van der Waals surface area contributed by atoms with E-state index in [0.717, 1.165) is 10.9 Å². The van der Waals surface area contributed by atoms with Crippen LogP contribution in [0.4, 0.5) is 5.69 Å². The molecular weight excluding hydrogens is 480 g/mol. The van der Waals surface area contributed by atoms with Crippen LogP contribution in [0.25, 0.3) is 0 Å². The summed E-state index contributed by atoms with van der Waals surface area (Å²) >= 11 is 8.71. The first-order chi connectivity index (χ1) is 13.7. The molecule has 1 atom stereocenters. The Labute approximate surface area is 183 Å². The van der Waals surface area contributed by atoms with E-state index in [-0.39, 0.29) is 4.90 Å². The van der Waals surface area contributed by atoms with E-state index in [4.69, 9.17) is 22.1 Å². The summed E-state index contributed by atoms with van der Waals surface area (Å²) < 4.78 is 33.9. The predicted molar refractivity (Wildman–Crippen MR) is 119 cm³/mol. The fraction of sp³-hybridized carbons (Fsp3) is 0.263. The molecular formula is C19H21BrN2O5S2. The molecule has 2 aromatic carbocycles. The molecule has 0 unspecified atom stereocenters. The number of ether oxygens (including phenoxy) is 1. The van der Waals surface area contributed by atoms with Gasteiger partial charge in [-0.1, -0.05) is 41.5 Å². The lowest BCUT2D eigenvalue weighted by molar-refractivity contribution is -0.139. The van der Waals surface area contributed by atoms with Gasteiger partial charge in [0, 0.05) is 10.2 Å². The molecule has 7 nitrogen and oxygen atoms in total. The van der Waals surface area contributed by atoms with Gasteiger partial charge in [0.05, 0.1) is 15.9 Å². The number of sulfonamides is 1. The minimum Gasteiger partial charge on any atom is -0.482 e. The second kappa shape index (κ2) is 10.7. The van der Waals surface area contributed by atoms with E-state index in [1.165, 1.54) is 12.1 Å². The molecule has 2 aromatic rings. The number of hydrogen-bond acceptors (Lipinski definition) is 5. The zero-order valence-electron chi connectivity index (χ0n) is 15.6. The van der Waals surface area contributed by atoms with Crippen LogP contribution >= 0.6 is 28.1 Å². The number of thiocarbonyl (C=S) groups is 1. The highest BCUT2D eigenvalue weighted by Crippen LogP contribution is 2.18. The molecule has 0 saturated heterocycles. The van der Waals surface area contributed by atoms with Gasteiger partial charge in [-0.3, -0.25) is 0 Å². The molecule has 2 rings (SSSR count). The number of carboxylic acid groups (broad SMARTS) is 1. The van der Waals surface area contributed by atoms with Crippen LogP contribution < -0.4 is 14.8 Å². The van der Waals surface area contributed by atoms with Crippen LogP contribution in [-0.4, -0.2) is 37.1 Å². The molecule has 29 heavy (non-hydrogen) atoms. The Balaban J connectivity index is 2.06. The van der Waals surface area contributed by atoms with E-state index in [9.17, 15) is 13.2 Å². The van der Waals surface area contributed by atoms with Crippen molar-refractivity contribution >= 4 is 54.8 Å². The Hall–Kier alpha value is -2.01. The lowest BCUT2D eigenvalue weighted by Crippen LogP contribution is -2.42. The second-order valence-electron chi connectivity index (χ2n) is 6.11. The molecule has 0 aliphatic carbocycles. The number of carbonyl (C=O) groups is 1. The summed E-state index contributed by atoms with van der Waals surface area (Å²) in [6.45, 7) is 1.51. The third kappa shape index (κ3) is 7.39. The van der Waals surface area contributed by atoms with E-state index < -0.39 is 28.6 Å². The van der Waals surface area contributed by atoms with Crippen LogP contribution in [0.1, 0.15) is 19.8 Å². The van der Waals surface area contributed by atoms with Crippen LogP contribution in [0, 0.1) is 0 Å². The fourth-order valence-electron chi connectivity index (χ4n) is 2.41. The summed E-state index contributed by atoms with van der Waals surface area (Å²) in [6.07, 6.45) is 1.26. The monoisotopic (exact) mass is 500 g/mol. The van der Waals surface area contributed by atoms with Gasteiger partial charge in [-0.05, 0) is 55.0 Å². The van der Waals surface area contributed by atoms with E-state index in [2.05, 4.69) is 26.0 Å². The fourth-order valence-corrected chi connectivity index (χ4v) is 4.28. The van der Waals surface area contributed by atoms with E-state index in [0.29, 0.717) is 22.8 Å². The Morgan fingerprint density at radius 3 is 2.34 bits per heavy atom. The van der Waals surface area contributed by atoms with Gasteiger partial charge in [-0.25, -0.2) is 17.9 Å². The SMILES string of the molecule is CCC[C@H](NS(=O)(=O)c1ccc(Br)cc1)C(=S)Nc1ccc(OCC(=O)O)cc1. The van der Waals surface area contributed by atoms with Gasteiger partial charge in [0.15, 0.2) is 6.61 Å². The molecule has 0 aromatic heterocycles. The minimum atomic E-state index is -3.73. The number of benzene rings is 2. The van der Waals surface area contributed by atoms with Crippen LogP contribution in [0.2, 0.25) is 0 Å². The van der Waals surface area contributed by atoms with E-state index >= 15 is 0 Å². The number of aliphatic carboxylic acids is 1. The number of hydrogen-bond donors (Lipinski definition) is 3. The molecule has 0 aliphatic heterocycles. The number of anilines is 1. The van der Waals surface area contributed by atoms with Crippen molar-refractivity contribution in [3.63, 3.8) is 0 Å². The minimum absolute atomic E-state index is 0.157. The van der Waals surface area contributed by atoms with E-state index in [1.807, 2.05) is 6.92 Å². The summed E-state index contributed by atoms with van der Waals surface area (Å²) in [5, 5.41) is 11.7. The van der Waals surface area contributed by atoms with Gasteiger partial charge < -0.3 is 15.2 Å². The largest absolute Gasteiger partial charge is 0.482 e. The smallest absolute Gasteiger partial charge is 0.341 e. The van der Waals surface area contributed by atoms with Gasteiger partial charge in [0.1, 0.15) is 5.75 Å². The Morgan fingerprint density at radius 2 is 1.79 bits per heavy atom. The lowest BCUT2D eigenvalue weighted by Gasteiger charge is -2.20. The normalized spacial score (nSPS) is 12.2. The van der Waals surface area contributed by atoms with Crippen molar-refractivity contribution in [1.29, 1.82) is 0 Å². The zero-order chi connectivity index (χ0) is 21.4. The van der Waals surface area contributed by atoms with Crippen LogP contribution in [0.15, 0.2) is 57.9 Å². The van der Waals surface area contributed by atoms with Crippen molar-refractivity contribution < 1.29 is 23.1 Å². The Kier molecular flexibility index (Phi) is 8.57. The van der Waals surface area contributed by atoms with E-state index in [1.54, 1.807) is 36.4 Å². The topological polar surface area (TPSA) is 105 Å².